The van der Waals surface area contributed by atoms with Crippen LogP contribution in [-0.4, -0.2) is 15.4 Å². The monoisotopic (exact) mass is 301 g/mol. The molecule has 0 aliphatic carbocycles. The lowest BCUT2D eigenvalue weighted by molar-refractivity contribution is 0.391. The van der Waals surface area contributed by atoms with Crippen LogP contribution in [-0.2, 0) is 17.9 Å². The first-order valence-electron chi connectivity index (χ1n) is 6.65. The molecule has 0 N–H and O–H groups in total. The van der Waals surface area contributed by atoms with E-state index in [0.29, 0.717) is 24.0 Å². The molecule has 0 saturated heterocycles. The van der Waals surface area contributed by atoms with Gasteiger partial charge in [0.15, 0.2) is 0 Å². The van der Waals surface area contributed by atoms with E-state index in [0.717, 1.165) is 22.8 Å². The minimum absolute atomic E-state index is 0.641. The summed E-state index contributed by atoms with van der Waals surface area (Å²) in [6, 6.07) is 12.0. The summed E-state index contributed by atoms with van der Waals surface area (Å²) >= 11 is 1.66. The lowest BCUT2D eigenvalue weighted by Gasteiger charge is -1.95. The third kappa shape index (κ3) is 3.95. The lowest BCUT2D eigenvalue weighted by atomic mass is 10.2. The predicted molar refractivity (Wildman–Crippen MR) is 79.8 cm³/mol. The quantitative estimate of drug-likeness (QED) is 0.695. The number of thioether (sulfide) groups is 1. The summed E-state index contributed by atoms with van der Waals surface area (Å²) < 4.78 is 10.8. The van der Waals surface area contributed by atoms with Crippen molar-refractivity contribution in [2.75, 3.05) is 0 Å². The fourth-order valence-corrected chi connectivity index (χ4v) is 2.64. The molecule has 0 radical (unpaired) electrons. The molecule has 2 aromatic heterocycles. The highest BCUT2D eigenvalue weighted by atomic mass is 32.2. The molecule has 5 nitrogen and oxygen atoms in total. The third-order valence-electron chi connectivity index (χ3n) is 2.85. The summed E-state index contributed by atoms with van der Waals surface area (Å²) in [6.07, 6.45) is 0.666. The summed E-state index contributed by atoms with van der Waals surface area (Å²) in [4.78, 5) is 0. The molecule has 0 spiro atoms. The highest BCUT2D eigenvalue weighted by Gasteiger charge is 2.08. The molecule has 1 aromatic carbocycles. The average Bonchev–Trinajstić information content (AvgIpc) is 3.10. The molecule has 0 atom stereocenters. The minimum Gasteiger partial charge on any atom is -0.424 e. The highest BCUT2D eigenvalue weighted by molar-refractivity contribution is 7.97. The third-order valence-corrected chi connectivity index (χ3v) is 3.79. The molecule has 6 heteroatoms. The Balaban J connectivity index is 1.51. The first-order valence-corrected chi connectivity index (χ1v) is 7.80. The van der Waals surface area contributed by atoms with Crippen molar-refractivity contribution in [3.05, 3.63) is 65.2 Å². The molecule has 0 saturated carbocycles. The Bertz CT molecular complexity index is 694. The van der Waals surface area contributed by atoms with Crippen molar-refractivity contribution in [3.63, 3.8) is 0 Å². The zero-order valence-corrected chi connectivity index (χ0v) is 12.5. The summed E-state index contributed by atoms with van der Waals surface area (Å²) in [5.41, 5.74) is 2.06. The van der Waals surface area contributed by atoms with Gasteiger partial charge in [-0.2, -0.15) is 0 Å². The van der Waals surface area contributed by atoms with Crippen LogP contribution in [0.4, 0.5) is 0 Å². The van der Waals surface area contributed by atoms with Crippen LogP contribution in [0.5, 0.6) is 0 Å². The Hall–Kier alpha value is -2.08. The average molecular weight is 301 g/mol. The van der Waals surface area contributed by atoms with Crippen LogP contribution in [0.1, 0.15) is 28.8 Å². The van der Waals surface area contributed by atoms with E-state index < -0.39 is 0 Å². The van der Waals surface area contributed by atoms with Gasteiger partial charge in [0.25, 0.3) is 0 Å². The number of nitrogens with zero attached hydrogens (tertiary/aromatic N) is 3. The van der Waals surface area contributed by atoms with Gasteiger partial charge in [-0.3, -0.25) is 0 Å². The summed E-state index contributed by atoms with van der Waals surface area (Å²) in [5.74, 6) is 3.56. The molecule has 2 heterocycles. The van der Waals surface area contributed by atoms with Crippen molar-refractivity contribution in [1.82, 2.24) is 15.4 Å². The Morgan fingerprint density at radius 3 is 2.62 bits per heavy atom. The molecular formula is C15H15N3O2S. The number of rotatable bonds is 6. The number of aromatic nitrogens is 3. The van der Waals surface area contributed by atoms with Crippen LogP contribution in [0.25, 0.3) is 0 Å². The van der Waals surface area contributed by atoms with Gasteiger partial charge >= 0.3 is 0 Å². The second-order valence-electron chi connectivity index (χ2n) is 4.68. The van der Waals surface area contributed by atoms with Crippen LogP contribution in [0.15, 0.2) is 45.3 Å². The van der Waals surface area contributed by atoms with Gasteiger partial charge in [-0.15, -0.1) is 22.0 Å². The molecule has 108 valence electrons. The van der Waals surface area contributed by atoms with Gasteiger partial charge in [-0.05, 0) is 12.5 Å². The molecule has 0 unspecified atom stereocenters. The van der Waals surface area contributed by atoms with Gasteiger partial charge in [0, 0.05) is 6.07 Å². The van der Waals surface area contributed by atoms with Crippen LogP contribution < -0.4 is 0 Å². The van der Waals surface area contributed by atoms with Crippen molar-refractivity contribution in [3.8, 4) is 0 Å². The summed E-state index contributed by atoms with van der Waals surface area (Å²) in [7, 11) is 0. The predicted octanol–water partition coefficient (Wildman–Crippen LogP) is 3.39. The summed E-state index contributed by atoms with van der Waals surface area (Å²) in [6.45, 7) is 1.91. The van der Waals surface area contributed by atoms with E-state index in [4.69, 9.17) is 8.94 Å². The van der Waals surface area contributed by atoms with Crippen molar-refractivity contribution in [1.29, 1.82) is 0 Å². The van der Waals surface area contributed by atoms with E-state index in [-0.39, 0.29) is 0 Å². The number of hydrogen-bond acceptors (Lipinski definition) is 6. The van der Waals surface area contributed by atoms with Crippen LogP contribution in [0.2, 0.25) is 0 Å². The van der Waals surface area contributed by atoms with E-state index in [9.17, 15) is 0 Å². The maximum atomic E-state index is 5.64. The Morgan fingerprint density at radius 2 is 1.86 bits per heavy atom. The molecule has 0 fully saturated rings. The van der Waals surface area contributed by atoms with Crippen LogP contribution in [0, 0.1) is 6.92 Å². The van der Waals surface area contributed by atoms with Gasteiger partial charge in [0.1, 0.15) is 5.76 Å². The molecule has 21 heavy (non-hydrogen) atoms. The maximum Gasteiger partial charge on any atom is 0.226 e. The zero-order valence-electron chi connectivity index (χ0n) is 11.7. The molecule has 0 bridgehead atoms. The van der Waals surface area contributed by atoms with E-state index in [2.05, 4.69) is 15.4 Å². The molecule has 0 aliphatic heterocycles. The van der Waals surface area contributed by atoms with E-state index in [1.54, 1.807) is 11.8 Å². The van der Waals surface area contributed by atoms with Crippen molar-refractivity contribution >= 4 is 11.8 Å². The standard InChI is InChI=1S/C15H15N3O2S/c1-11-7-13(20-18-11)9-21-10-15-17-16-14(19-15)8-12-5-3-2-4-6-12/h2-7H,8-10H2,1H3. The zero-order chi connectivity index (χ0) is 14.5. The summed E-state index contributed by atoms with van der Waals surface area (Å²) in [5, 5.41) is 12.0. The van der Waals surface area contributed by atoms with Gasteiger partial charge < -0.3 is 8.94 Å². The first-order chi connectivity index (χ1) is 10.3. The lowest BCUT2D eigenvalue weighted by Crippen LogP contribution is -1.87. The smallest absolute Gasteiger partial charge is 0.226 e. The maximum absolute atomic E-state index is 5.64. The first kappa shape index (κ1) is 13.9. The van der Waals surface area contributed by atoms with Crippen molar-refractivity contribution in [2.45, 2.75) is 24.9 Å². The molecule has 3 aromatic rings. The van der Waals surface area contributed by atoms with E-state index in [1.807, 2.05) is 43.3 Å². The van der Waals surface area contributed by atoms with Crippen molar-refractivity contribution < 1.29 is 8.94 Å². The number of aryl methyl sites for hydroxylation is 1. The molecule has 0 aliphatic rings. The largest absolute Gasteiger partial charge is 0.424 e. The van der Waals surface area contributed by atoms with Gasteiger partial charge in [0.05, 0.1) is 23.6 Å². The molecule has 3 rings (SSSR count). The fraction of sp³-hybridized carbons (Fsp3) is 0.267. The Labute approximate surface area is 126 Å². The molecular weight excluding hydrogens is 286 g/mol. The Morgan fingerprint density at radius 1 is 1.05 bits per heavy atom. The second kappa shape index (κ2) is 6.58. The highest BCUT2D eigenvalue weighted by Crippen LogP contribution is 2.18. The minimum atomic E-state index is 0.641. The van der Waals surface area contributed by atoms with Gasteiger partial charge in [0.2, 0.25) is 11.8 Å². The second-order valence-corrected chi connectivity index (χ2v) is 5.66. The topological polar surface area (TPSA) is 65.0 Å². The number of hydrogen-bond donors (Lipinski definition) is 0. The van der Waals surface area contributed by atoms with Crippen LogP contribution in [0.3, 0.4) is 0 Å². The SMILES string of the molecule is Cc1cc(CSCc2nnc(Cc3ccccc3)o2)on1. The fourth-order valence-electron chi connectivity index (χ4n) is 1.91. The molecule has 0 amide bonds. The van der Waals surface area contributed by atoms with Crippen LogP contribution >= 0.6 is 11.8 Å². The van der Waals surface area contributed by atoms with E-state index in [1.165, 1.54) is 0 Å². The van der Waals surface area contributed by atoms with Gasteiger partial charge in [-0.1, -0.05) is 35.5 Å². The van der Waals surface area contributed by atoms with Gasteiger partial charge in [-0.25, -0.2) is 0 Å². The van der Waals surface area contributed by atoms with Crippen molar-refractivity contribution in [2.24, 2.45) is 0 Å². The number of benzene rings is 1. The van der Waals surface area contributed by atoms with E-state index >= 15 is 0 Å². The Kier molecular flexibility index (Phi) is 4.35. The normalized spacial score (nSPS) is 10.9.